The first-order valence-corrected chi connectivity index (χ1v) is 4.91. The van der Waals surface area contributed by atoms with Crippen molar-refractivity contribution >= 4 is 0 Å². The van der Waals surface area contributed by atoms with Gasteiger partial charge in [-0.3, -0.25) is 0 Å². The number of benzene rings is 1. The van der Waals surface area contributed by atoms with Gasteiger partial charge in [0.2, 0.25) is 0 Å². The standard InChI is InChI=1S/C11H15NO2/c1-3-13-8-4-5-10-9(6-8)11(12)7(2)14-10/h4-7,11H,3,12H2,1-2H3. The molecule has 0 radical (unpaired) electrons. The fourth-order valence-electron chi connectivity index (χ4n) is 1.68. The molecule has 2 rings (SSSR count). The molecule has 1 aromatic rings. The molecular weight excluding hydrogens is 178 g/mol. The van der Waals surface area contributed by atoms with E-state index in [4.69, 9.17) is 15.2 Å². The van der Waals surface area contributed by atoms with Crippen LogP contribution in [0.4, 0.5) is 0 Å². The van der Waals surface area contributed by atoms with Gasteiger partial charge in [0.1, 0.15) is 17.6 Å². The predicted molar refractivity (Wildman–Crippen MR) is 54.6 cm³/mol. The molecule has 0 fully saturated rings. The highest BCUT2D eigenvalue weighted by molar-refractivity contribution is 5.45. The number of hydrogen-bond acceptors (Lipinski definition) is 3. The maximum absolute atomic E-state index is 5.97. The Bertz CT molecular complexity index is 338. The average Bonchev–Trinajstić information content (AvgIpc) is 2.45. The van der Waals surface area contributed by atoms with Gasteiger partial charge in [0, 0.05) is 5.56 Å². The smallest absolute Gasteiger partial charge is 0.124 e. The zero-order valence-electron chi connectivity index (χ0n) is 8.49. The van der Waals surface area contributed by atoms with E-state index >= 15 is 0 Å². The minimum atomic E-state index is -0.0367. The van der Waals surface area contributed by atoms with Crippen molar-refractivity contribution in [1.29, 1.82) is 0 Å². The molecular formula is C11H15NO2. The van der Waals surface area contributed by atoms with Crippen molar-refractivity contribution in [2.24, 2.45) is 5.73 Å². The van der Waals surface area contributed by atoms with Gasteiger partial charge in [0.15, 0.2) is 0 Å². The third kappa shape index (κ3) is 1.44. The van der Waals surface area contributed by atoms with Crippen molar-refractivity contribution in [3.05, 3.63) is 23.8 Å². The largest absolute Gasteiger partial charge is 0.494 e. The summed E-state index contributed by atoms with van der Waals surface area (Å²) < 4.78 is 11.0. The normalized spacial score (nSPS) is 24.2. The second-order valence-corrected chi connectivity index (χ2v) is 3.48. The Labute approximate surface area is 83.8 Å². The number of rotatable bonds is 2. The topological polar surface area (TPSA) is 44.5 Å². The summed E-state index contributed by atoms with van der Waals surface area (Å²) in [7, 11) is 0. The van der Waals surface area contributed by atoms with Gasteiger partial charge in [-0.05, 0) is 32.0 Å². The van der Waals surface area contributed by atoms with Gasteiger partial charge in [0.25, 0.3) is 0 Å². The first-order valence-electron chi connectivity index (χ1n) is 4.91. The van der Waals surface area contributed by atoms with Gasteiger partial charge in [-0.1, -0.05) is 0 Å². The van der Waals surface area contributed by atoms with Crippen LogP contribution in [0, 0.1) is 0 Å². The monoisotopic (exact) mass is 193 g/mol. The molecule has 0 aromatic heterocycles. The Morgan fingerprint density at radius 3 is 3.00 bits per heavy atom. The quantitative estimate of drug-likeness (QED) is 0.779. The second kappa shape index (κ2) is 3.50. The van der Waals surface area contributed by atoms with Crippen molar-refractivity contribution in [3.8, 4) is 11.5 Å². The van der Waals surface area contributed by atoms with Crippen LogP contribution in [0.15, 0.2) is 18.2 Å². The molecule has 0 saturated carbocycles. The first kappa shape index (κ1) is 9.34. The lowest BCUT2D eigenvalue weighted by molar-refractivity contribution is 0.228. The van der Waals surface area contributed by atoms with Crippen LogP contribution in [0.3, 0.4) is 0 Å². The summed E-state index contributed by atoms with van der Waals surface area (Å²) in [6.45, 7) is 4.61. The Morgan fingerprint density at radius 2 is 2.29 bits per heavy atom. The van der Waals surface area contributed by atoms with Crippen LogP contribution in [0.1, 0.15) is 25.5 Å². The van der Waals surface area contributed by atoms with E-state index in [1.165, 1.54) is 0 Å². The molecule has 14 heavy (non-hydrogen) atoms. The van der Waals surface area contributed by atoms with Crippen LogP contribution in [0.2, 0.25) is 0 Å². The van der Waals surface area contributed by atoms with E-state index < -0.39 is 0 Å². The predicted octanol–water partition coefficient (Wildman–Crippen LogP) is 1.87. The van der Waals surface area contributed by atoms with E-state index in [1.54, 1.807) is 0 Å². The van der Waals surface area contributed by atoms with Gasteiger partial charge >= 0.3 is 0 Å². The molecule has 1 heterocycles. The van der Waals surface area contributed by atoms with Crippen molar-refractivity contribution in [2.75, 3.05) is 6.61 Å². The van der Waals surface area contributed by atoms with Crippen LogP contribution in [0.5, 0.6) is 11.5 Å². The minimum Gasteiger partial charge on any atom is -0.494 e. The second-order valence-electron chi connectivity index (χ2n) is 3.48. The van der Waals surface area contributed by atoms with Crippen molar-refractivity contribution in [1.82, 2.24) is 0 Å². The number of hydrogen-bond donors (Lipinski definition) is 1. The van der Waals surface area contributed by atoms with E-state index in [9.17, 15) is 0 Å². The van der Waals surface area contributed by atoms with Crippen molar-refractivity contribution in [3.63, 3.8) is 0 Å². The van der Waals surface area contributed by atoms with Crippen LogP contribution in [-0.4, -0.2) is 12.7 Å². The summed E-state index contributed by atoms with van der Waals surface area (Å²) in [4.78, 5) is 0. The SMILES string of the molecule is CCOc1ccc2c(c1)C(N)C(C)O2. The molecule has 0 amide bonds. The molecule has 0 spiro atoms. The van der Waals surface area contributed by atoms with Crippen LogP contribution < -0.4 is 15.2 Å². The molecule has 3 heteroatoms. The molecule has 0 bridgehead atoms. The zero-order valence-corrected chi connectivity index (χ0v) is 8.49. The van der Waals surface area contributed by atoms with Gasteiger partial charge in [-0.15, -0.1) is 0 Å². The van der Waals surface area contributed by atoms with E-state index in [0.29, 0.717) is 6.61 Å². The highest BCUT2D eigenvalue weighted by atomic mass is 16.5. The van der Waals surface area contributed by atoms with Crippen molar-refractivity contribution in [2.45, 2.75) is 26.0 Å². The first-order chi connectivity index (χ1) is 6.72. The third-order valence-electron chi connectivity index (χ3n) is 2.47. The Kier molecular flexibility index (Phi) is 2.33. The van der Waals surface area contributed by atoms with E-state index in [-0.39, 0.29) is 12.1 Å². The molecule has 0 aliphatic carbocycles. The molecule has 3 nitrogen and oxygen atoms in total. The van der Waals surface area contributed by atoms with E-state index in [1.807, 2.05) is 32.0 Å². The summed E-state index contributed by atoms with van der Waals surface area (Å²) in [5.41, 5.74) is 7.02. The van der Waals surface area contributed by atoms with Gasteiger partial charge in [0.05, 0.1) is 12.6 Å². The van der Waals surface area contributed by atoms with Crippen LogP contribution >= 0.6 is 0 Å². The van der Waals surface area contributed by atoms with Gasteiger partial charge in [-0.2, -0.15) is 0 Å². The molecule has 0 saturated heterocycles. The molecule has 1 aliphatic heterocycles. The molecule has 76 valence electrons. The van der Waals surface area contributed by atoms with Crippen molar-refractivity contribution < 1.29 is 9.47 Å². The molecule has 2 atom stereocenters. The van der Waals surface area contributed by atoms with Crippen LogP contribution in [-0.2, 0) is 0 Å². The van der Waals surface area contributed by atoms with Gasteiger partial charge in [-0.25, -0.2) is 0 Å². The maximum atomic E-state index is 5.97. The highest BCUT2D eigenvalue weighted by Crippen LogP contribution is 2.37. The Balaban J connectivity index is 2.31. The Morgan fingerprint density at radius 1 is 1.50 bits per heavy atom. The molecule has 2 unspecified atom stereocenters. The summed E-state index contributed by atoms with van der Waals surface area (Å²) in [5, 5.41) is 0. The summed E-state index contributed by atoms with van der Waals surface area (Å²) in [5.74, 6) is 1.74. The molecule has 2 N–H and O–H groups in total. The molecule has 1 aliphatic rings. The maximum Gasteiger partial charge on any atom is 0.124 e. The summed E-state index contributed by atoms with van der Waals surface area (Å²) >= 11 is 0. The lowest BCUT2D eigenvalue weighted by Crippen LogP contribution is -2.21. The van der Waals surface area contributed by atoms with E-state index in [0.717, 1.165) is 17.1 Å². The van der Waals surface area contributed by atoms with E-state index in [2.05, 4.69) is 0 Å². The fraction of sp³-hybridized carbons (Fsp3) is 0.455. The summed E-state index contributed by atoms with van der Waals surface area (Å²) in [6, 6.07) is 5.76. The lowest BCUT2D eigenvalue weighted by atomic mass is 10.1. The fourth-order valence-corrected chi connectivity index (χ4v) is 1.68. The minimum absolute atomic E-state index is 0.0367. The summed E-state index contributed by atoms with van der Waals surface area (Å²) in [6.07, 6.45) is 0.0573. The lowest BCUT2D eigenvalue weighted by Gasteiger charge is -2.07. The number of fused-ring (bicyclic) bond motifs is 1. The Hall–Kier alpha value is -1.22. The third-order valence-corrected chi connectivity index (χ3v) is 2.47. The number of nitrogens with two attached hydrogens (primary N) is 1. The number of ether oxygens (including phenoxy) is 2. The van der Waals surface area contributed by atoms with Crippen LogP contribution in [0.25, 0.3) is 0 Å². The highest BCUT2D eigenvalue weighted by Gasteiger charge is 2.28. The zero-order chi connectivity index (χ0) is 10.1. The van der Waals surface area contributed by atoms with Gasteiger partial charge < -0.3 is 15.2 Å². The molecule has 1 aromatic carbocycles. The average molecular weight is 193 g/mol.